The molecule has 4 aromatic rings. The number of halogens is 3. The first kappa shape index (κ1) is 29.3. The first-order valence-corrected chi connectivity index (χ1v) is 14.7. The first-order chi connectivity index (χ1) is 19.9. The van der Waals surface area contributed by atoms with Crippen LogP contribution in [0.3, 0.4) is 0 Å². The minimum absolute atomic E-state index is 0.0157. The number of hydrogen-bond donors (Lipinski definition) is 1. The second-order valence-corrected chi connectivity index (χ2v) is 12.1. The molecule has 42 heavy (non-hydrogen) atoms. The number of pyridine rings is 1. The molecule has 0 spiro atoms. The predicted octanol–water partition coefficient (Wildman–Crippen LogP) is 3.76. The van der Waals surface area contributed by atoms with Crippen LogP contribution in [0.25, 0.3) is 22.6 Å². The molecule has 1 fully saturated rings. The van der Waals surface area contributed by atoms with Crippen molar-refractivity contribution >= 4 is 26.8 Å². The highest BCUT2D eigenvalue weighted by atomic mass is 32.2. The number of sulfone groups is 1. The smallest absolute Gasteiger partial charge is 0.409 e. The fourth-order valence-electron chi connectivity index (χ4n) is 4.41. The molecule has 1 saturated carbocycles. The van der Waals surface area contributed by atoms with Gasteiger partial charge in [0.15, 0.2) is 27.1 Å². The third-order valence-electron chi connectivity index (χ3n) is 6.97. The van der Waals surface area contributed by atoms with Crippen molar-refractivity contribution in [2.75, 3.05) is 18.2 Å². The van der Waals surface area contributed by atoms with Crippen molar-refractivity contribution in [3.8, 4) is 17.3 Å². The van der Waals surface area contributed by atoms with Gasteiger partial charge in [0.1, 0.15) is 23.4 Å². The fourth-order valence-corrected chi connectivity index (χ4v) is 5.23. The number of anilines is 1. The van der Waals surface area contributed by atoms with Crippen molar-refractivity contribution in [1.82, 2.24) is 34.5 Å². The summed E-state index contributed by atoms with van der Waals surface area (Å²) in [7, 11) is -2.06. The normalized spacial score (nSPS) is 14.6. The van der Waals surface area contributed by atoms with Crippen LogP contribution in [0.4, 0.5) is 19.0 Å². The molecule has 0 bridgehead atoms. The molecule has 1 aliphatic carbocycles. The zero-order valence-electron chi connectivity index (χ0n) is 23.1. The summed E-state index contributed by atoms with van der Waals surface area (Å²) in [6.07, 6.45) is -0.514. The lowest BCUT2D eigenvalue weighted by molar-refractivity contribution is -0.162. The Kier molecular flexibility index (Phi) is 7.59. The summed E-state index contributed by atoms with van der Waals surface area (Å²) in [5, 5.41) is 2.75. The maximum absolute atomic E-state index is 14.1. The number of rotatable bonds is 9. The molecule has 12 nitrogen and oxygen atoms in total. The Hall–Kier alpha value is -4.21. The van der Waals surface area contributed by atoms with Crippen LogP contribution in [0.2, 0.25) is 0 Å². The van der Waals surface area contributed by atoms with Crippen LogP contribution >= 0.6 is 0 Å². The number of methoxy groups -OCH3 is 1. The quantitative estimate of drug-likeness (QED) is 0.297. The van der Waals surface area contributed by atoms with Crippen molar-refractivity contribution < 1.29 is 26.3 Å². The van der Waals surface area contributed by atoms with Crippen molar-refractivity contribution in [3.05, 3.63) is 52.1 Å². The van der Waals surface area contributed by atoms with Gasteiger partial charge in [-0.25, -0.2) is 33.3 Å². The molecule has 5 rings (SSSR count). The zero-order valence-corrected chi connectivity index (χ0v) is 23.9. The third-order valence-corrected chi connectivity index (χ3v) is 8.69. The Labute approximate surface area is 238 Å². The highest BCUT2D eigenvalue weighted by molar-refractivity contribution is 7.91. The van der Waals surface area contributed by atoms with Crippen LogP contribution in [0, 0.1) is 6.92 Å². The minimum Gasteiger partial charge on any atom is -0.480 e. The number of hydrogen-bond acceptors (Lipinski definition) is 11. The highest BCUT2D eigenvalue weighted by Crippen LogP contribution is 2.45. The van der Waals surface area contributed by atoms with Crippen LogP contribution in [-0.4, -0.2) is 61.9 Å². The highest BCUT2D eigenvalue weighted by Gasteiger charge is 2.40. The third kappa shape index (κ3) is 5.49. The molecule has 1 N–H and O–H groups in total. The van der Waals surface area contributed by atoms with Gasteiger partial charge in [0.2, 0.25) is 5.88 Å². The van der Waals surface area contributed by atoms with Crippen molar-refractivity contribution in [1.29, 1.82) is 0 Å². The average molecular weight is 605 g/mol. The molecule has 1 aliphatic rings. The van der Waals surface area contributed by atoms with Crippen LogP contribution in [-0.2, 0) is 16.4 Å². The van der Waals surface area contributed by atoms with Gasteiger partial charge in [-0.3, -0.25) is 14.3 Å². The Morgan fingerprint density at radius 3 is 2.48 bits per heavy atom. The molecular weight excluding hydrogens is 577 g/mol. The van der Waals surface area contributed by atoms with Crippen LogP contribution in [0.1, 0.15) is 55.7 Å². The Bertz CT molecular complexity index is 1830. The summed E-state index contributed by atoms with van der Waals surface area (Å²) in [4.78, 5) is 39.4. The largest absolute Gasteiger partial charge is 0.480 e. The number of fused-ring (bicyclic) bond motifs is 1. The monoisotopic (exact) mass is 604 g/mol. The van der Waals surface area contributed by atoms with E-state index in [1.807, 2.05) is 0 Å². The Morgan fingerprint density at radius 2 is 1.88 bits per heavy atom. The molecule has 16 heteroatoms. The average Bonchev–Trinajstić information content (AvgIpc) is 3.81. The summed E-state index contributed by atoms with van der Waals surface area (Å²) in [6.45, 7) is 3.81. The number of ether oxygens (including phenoxy) is 1. The standard InChI is InChI=1S/C26H27F3N8O4S/c1-5-42(39,40)17-9-8-16(30-11-17)10-31-22-25(38)37(14(3)26(27,28)29)23-19(35-22)13(2)34-21(36-23)18-20(15-6-7-15)32-12-33-24(18)41-4/h8-9,11-12,14-15H,5-7,10H2,1-4H3,(H,31,35)/t14-/m0/s1. The Balaban J connectivity index is 1.63. The number of nitrogens with zero attached hydrogens (tertiary/aromatic N) is 7. The molecule has 1 atom stereocenters. The van der Waals surface area contributed by atoms with E-state index in [2.05, 4.69) is 35.2 Å². The van der Waals surface area contributed by atoms with Crippen molar-refractivity contribution in [3.63, 3.8) is 0 Å². The van der Waals surface area contributed by atoms with Crippen LogP contribution < -0.4 is 15.6 Å². The summed E-state index contributed by atoms with van der Waals surface area (Å²) < 4.78 is 72.3. The van der Waals surface area contributed by atoms with Gasteiger partial charge < -0.3 is 10.1 Å². The van der Waals surface area contributed by atoms with Crippen molar-refractivity contribution in [2.24, 2.45) is 0 Å². The molecule has 4 heterocycles. The number of nitrogens with one attached hydrogen (secondary N) is 1. The van der Waals surface area contributed by atoms with E-state index in [1.54, 1.807) is 6.92 Å². The topological polar surface area (TPSA) is 155 Å². The van der Waals surface area contributed by atoms with Gasteiger partial charge in [0.05, 0.1) is 41.4 Å². The van der Waals surface area contributed by atoms with E-state index in [-0.39, 0.29) is 57.5 Å². The fraction of sp³-hybridized carbons (Fsp3) is 0.423. The van der Waals surface area contributed by atoms with Gasteiger partial charge in [0.25, 0.3) is 5.56 Å². The second-order valence-electron chi connectivity index (χ2n) is 9.82. The maximum Gasteiger partial charge on any atom is 0.409 e. The van der Waals surface area contributed by atoms with E-state index in [1.165, 1.54) is 38.7 Å². The van der Waals surface area contributed by atoms with Crippen molar-refractivity contribution in [2.45, 2.75) is 63.2 Å². The second kappa shape index (κ2) is 10.9. The van der Waals surface area contributed by atoms with Gasteiger partial charge in [0, 0.05) is 12.1 Å². The molecule has 0 saturated heterocycles. The number of aryl methyl sites for hydroxylation is 1. The summed E-state index contributed by atoms with van der Waals surface area (Å²) in [5.74, 6) is -0.165. The number of aromatic nitrogens is 7. The lowest BCUT2D eigenvalue weighted by atomic mass is 10.1. The minimum atomic E-state index is -4.79. The van der Waals surface area contributed by atoms with E-state index >= 15 is 0 Å². The molecule has 0 aromatic carbocycles. The lowest BCUT2D eigenvalue weighted by Gasteiger charge is -2.22. The van der Waals surface area contributed by atoms with Crippen LogP contribution in [0.15, 0.2) is 34.3 Å². The molecule has 0 unspecified atom stereocenters. The molecule has 222 valence electrons. The summed E-state index contributed by atoms with van der Waals surface area (Å²) in [5.41, 5.74) is 0.161. The first-order valence-electron chi connectivity index (χ1n) is 13.0. The van der Waals surface area contributed by atoms with Gasteiger partial charge >= 0.3 is 6.18 Å². The molecular formula is C26H27F3N8O4S. The summed E-state index contributed by atoms with van der Waals surface area (Å²) in [6, 6.07) is 0.560. The van der Waals surface area contributed by atoms with Gasteiger partial charge in [-0.05, 0) is 38.8 Å². The van der Waals surface area contributed by atoms with Gasteiger partial charge in [-0.1, -0.05) is 6.92 Å². The van der Waals surface area contributed by atoms with E-state index in [0.29, 0.717) is 21.5 Å². The molecule has 0 radical (unpaired) electrons. The van der Waals surface area contributed by atoms with E-state index in [0.717, 1.165) is 19.8 Å². The molecule has 0 amide bonds. The van der Waals surface area contributed by atoms with E-state index < -0.39 is 27.6 Å². The lowest BCUT2D eigenvalue weighted by Crippen LogP contribution is -2.35. The molecule has 0 aliphatic heterocycles. The number of alkyl halides is 3. The maximum atomic E-state index is 14.1. The summed E-state index contributed by atoms with van der Waals surface area (Å²) >= 11 is 0. The zero-order chi connectivity index (χ0) is 30.4. The predicted molar refractivity (Wildman–Crippen MR) is 146 cm³/mol. The Morgan fingerprint density at radius 1 is 1.14 bits per heavy atom. The van der Waals surface area contributed by atoms with Gasteiger partial charge in [-0.2, -0.15) is 13.2 Å². The molecule has 4 aromatic heterocycles. The van der Waals surface area contributed by atoms with Crippen LogP contribution in [0.5, 0.6) is 5.88 Å². The van der Waals surface area contributed by atoms with E-state index in [4.69, 9.17) is 4.74 Å². The van der Waals surface area contributed by atoms with Gasteiger partial charge in [-0.15, -0.1) is 0 Å². The SMILES string of the molecule is CCS(=O)(=O)c1ccc(CNc2nc3c(C)nc(-c4c(OC)ncnc4C4CC4)nc3n([C@@H](C)C(F)(F)F)c2=O)nc1. The van der Waals surface area contributed by atoms with E-state index in [9.17, 15) is 26.4 Å².